The zero-order valence-electron chi connectivity index (χ0n) is 13.6. The smallest absolute Gasteiger partial charge is 0.272 e. The average Bonchev–Trinajstić information content (AvgIpc) is 2.99. The molecule has 0 aromatic carbocycles. The quantitative estimate of drug-likeness (QED) is 0.926. The zero-order chi connectivity index (χ0) is 16.4. The number of hydrogen-bond acceptors (Lipinski definition) is 5. The predicted octanol–water partition coefficient (Wildman–Crippen LogP) is 1.38. The SMILES string of the molecule is CNc1cc(C)nc([C@H]2CN(C(=O)c3ccnn3C)CCO2)c1. The second-order valence-electron chi connectivity index (χ2n) is 5.62. The molecule has 1 saturated heterocycles. The van der Waals surface area contributed by atoms with Crippen LogP contribution in [-0.4, -0.2) is 52.3 Å². The van der Waals surface area contributed by atoms with Crippen molar-refractivity contribution < 1.29 is 9.53 Å². The van der Waals surface area contributed by atoms with Crippen molar-refractivity contribution in [1.29, 1.82) is 0 Å². The van der Waals surface area contributed by atoms with E-state index in [-0.39, 0.29) is 12.0 Å². The Balaban J connectivity index is 1.80. The Labute approximate surface area is 135 Å². The van der Waals surface area contributed by atoms with Crippen LogP contribution in [0, 0.1) is 6.92 Å². The van der Waals surface area contributed by atoms with Crippen LogP contribution >= 0.6 is 0 Å². The largest absolute Gasteiger partial charge is 0.388 e. The number of anilines is 1. The fourth-order valence-corrected chi connectivity index (χ4v) is 2.76. The minimum Gasteiger partial charge on any atom is -0.388 e. The van der Waals surface area contributed by atoms with E-state index in [0.29, 0.717) is 25.4 Å². The van der Waals surface area contributed by atoms with Crippen LogP contribution in [0.2, 0.25) is 0 Å². The van der Waals surface area contributed by atoms with Gasteiger partial charge in [0.1, 0.15) is 11.8 Å². The van der Waals surface area contributed by atoms with Crippen LogP contribution in [0.1, 0.15) is 28.0 Å². The van der Waals surface area contributed by atoms with Crippen LogP contribution in [0.15, 0.2) is 24.4 Å². The molecule has 0 aliphatic carbocycles. The van der Waals surface area contributed by atoms with E-state index < -0.39 is 0 Å². The van der Waals surface area contributed by atoms with Crippen molar-refractivity contribution in [2.45, 2.75) is 13.0 Å². The molecule has 0 unspecified atom stereocenters. The van der Waals surface area contributed by atoms with Gasteiger partial charge < -0.3 is 15.0 Å². The van der Waals surface area contributed by atoms with Gasteiger partial charge in [0.15, 0.2) is 0 Å². The highest BCUT2D eigenvalue weighted by Crippen LogP contribution is 2.24. The number of pyridine rings is 1. The molecule has 7 nitrogen and oxygen atoms in total. The summed E-state index contributed by atoms with van der Waals surface area (Å²) in [6.07, 6.45) is 1.42. The molecule has 7 heteroatoms. The third-order valence-electron chi connectivity index (χ3n) is 3.99. The van der Waals surface area contributed by atoms with Crippen LogP contribution in [0.5, 0.6) is 0 Å². The van der Waals surface area contributed by atoms with Crippen molar-refractivity contribution in [3.8, 4) is 0 Å². The molecule has 2 aromatic rings. The maximum Gasteiger partial charge on any atom is 0.272 e. The summed E-state index contributed by atoms with van der Waals surface area (Å²) in [5.41, 5.74) is 3.34. The lowest BCUT2D eigenvalue weighted by atomic mass is 10.1. The Bertz CT molecular complexity index is 712. The molecule has 1 atom stereocenters. The Morgan fingerprint density at radius 2 is 2.26 bits per heavy atom. The van der Waals surface area contributed by atoms with Gasteiger partial charge >= 0.3 is 0 Å². The Morgan fingerprint density at radius 1 is 1.43 bits per heavy atom. The first-order valence-corrected chi connectivity index (χ1v) is 7.63. The molecule has 23 heavy (non-hydrogen) atoms. The summed E-state index contributed by atoms with van der Waals surface area (Å²) >= 11 is 0. The fourth-order valence-electron chi connectivity index (χ4n) is 2.76. The van der Waals surface area contributed by atoms with Gasteiger partial charge in [-0.05, 0) is 25.1 Å². The summed E-state index contributed by atoms with van der Waals surface area (Å²) in [4.78, 5) is 19.0. The summed E-state index contributed by atoms with van der Waals surface area (Å²) in [5.74, 6) is -0.0280. The van der Waals surface area contributed by atoms with E-state index in [9.17, 15) is 4.79 Å². The minimum absolute atomic E-state index is 0.0280. The highest BCUT2D eigenvalue weighted by Gasteiger charge is 2.28. The van der Waals surface area contributed by atoms with Crippen molar-refractivity contribution in [1.82, 2.24) is 19.7 Å². The normalized spacial score (nSPS) is 18.0. The number of aromatic nitrogens is 3. The maximum absolute atomic E-state index is 12.6. The number of amides is 1. The van der Waals surface area contributed by atoms with E-state index in [0.717, 1.165) is 17.1 Å². The van der Waals surface area contributed by atoms with Gasteiger partial charge in [-0.1, -0.05) is 0 Å². The molecule has 1 aliphatic rings. The molecule has 0 spiro atoms. The number of nitrogens with zero attached hydrogens (tertiary/aromatic N) is 4. The molecule has 0 saturated carbocycles. The zero-order valence-corrected chi connectivity index (χ0v) is 13.6. The number of morpholine rings is 1. The molecule has 1 N–H and O–H groups in total. The van der Waals surface area contributed by atoms with E-state index in [1.54, 1.807) is 28.9 Å². The number of nitrogens with one attached hydrogen (secondary N) is 1. The first-order valence-electron chi connectivity index (χ1n) is 7.63. The number of carbonyl (C=O) groups excluding carboxylic acids is 1. The first-order chi connectivity index (χ1) is 11.1. The van der Waals surface area contributed by atoms with Gasteiger partial charge in [-0.2, -0.15) is 5.10 Å². The maximum atomic E-state index is 12.6. The molecule has 3 rings (SSSR count). The van der Waals surface area contributed by atoms with Crippen molar-refractivity contribution in [2.75, 3.05) is 32.1 Å². The van der Waals surface area contributed by atoms with Crippen molar-refractivity contribution >= 4 is 11.6 Å². The standard InChI is InChI=1S/C16H21N5O2/c1-11-8-12(17-2)9-13(19-11)15-10-21(6-7-23-15)16(22)14-4-5-18-20(14)3/h4-5,8-9,15H,6-7,10H2,1-3H3,(H,17,19)/t15-/m1/s1. The minimum atomic E-state index is -0.215. The molecule has 1 amide bonds. The molecule has 0 bridgehead atoms. The summed E-state index contributed by atoms with van der Waals surface area (Å²) in [6.45, 7) is 3.51. The van der Waals surface area contributed by atoms with E-state index in [2.05, 4.69) is 15.4 Å². The van der Waals surface area contributed by atoms with Crippen molar-refractivity contribution in [3.05, 3.63) is 41.5 Å². The lowest BCUT2D eigenvalue weighted by Crippen LogP contribution is -2.43. The summed E-state index contributed by atoms with van der Waals surface area (Å²) in [5, 5.41) is 7.18. The Morgan fingerprint density at radius 3 is 2.96 bits per heavy atom. The predicted molar refractivity (Wildman–Crippen MR) is 86.3 cm³/mol. The fraction of sp³-hybridized carbons (Fsp3) is 0.438. The van der Waals surface area contributed by atoms with Crippen LogP contribution in [-0.2, 0) is 11.8 Å². The lowest BCUT2D eigenvalue weighted by Gasteiger charge is -2.32. The van der Waals surface area contributed by atoms with Crippen LogP contribution in [0.4, 0.5) is 5.69 Å². The number of aryl methyl sites for hydroxylation is 2. The van der Waals surface area contributed by atoms with E-state index in [1.165, 1.54) is 0 Å². The van der Waals surface area contributed by atoms with Gasteiger partial charge in [0, 0.05) is 38.2 Å². The Hall–Kier alpha value is -2.41. The van der Waals surface area contributed by atoms with Gasteiger partial charge in [0.05, 0.1) is 18.8 Å². The van der Waals surface area contributed by atoms with Crippen molar-refractivity contribution in [3.63, 3.8) is 0 Å². The van der Waals surface area contributed by atoms with Gasteiger partial charge in [0.25, 0.3) is 5.91 Å². The number of carbonyl (C=O) groups is 1. The third-order valence-corrected chi connectivity index (χ3v) is 3.99. The molecular weight excluding hydrogens is 294 g/mol. The van der Waals surface area contributed by atoms with Gasteiger partial charge in [-0.3, -0.25) is 14.5 Å². The number of hydrogen-bond donors (Lipinski definition) is 1. The second-order valence-corrected chi connectivity index (χ2v) is 5.62. The molecule has 1 aliphatic heterocycles. The molecule has 0 radical (unpaired) electrons. The lowest BCUT2D eigenvalue weighted by molar-refractivity contribution is -0.0250. The summed E-state index contributed by atoms with van der Waals surface area (Å²) in [6, 6.07) is 5.68. The topological polar surface area (TPSA) is 72.3 Å². The van der Waals surface area contributed by atoms with Crippen LogP contribution in [0.25, 0.3) is 0 Å². The molecule has 1 fully saturated rings. The Kier molecular flexibility index (Phi) is 4.29. The second kappa shape index (κ2) is 6.37. The number of ether oxygens (including phenoxy) is 1. The van der Waals surface area contributed by atoms with Gasteiger partial charge in [-0.25, -0.2) is 0 Å². The van der Waals surface area contributed by atoms with Crippen molar-refractivity contribution in [2.24, 2.45) is 7.05 Å². The number of rotatable bonds is 3. The first kappa shape index (κ1) is 15.5. The summed E-state index contributed by atoms with van der Waals surface area (Å²) in [7, 11) is 3.64. The highest BCUT2D eigenvalue weighted by molar-refractivity contribution is 5.92. The molecule has 2 aromatic heterocycles. The monoisotopic (exact) mass is 315 g/mol. The van der Waals surface area contributed by atoms with E-state index in [1.807, 2.05) is 26.1 Å². The third kappa shape index (κ3) is 3.19. The molecule has 122 valence electrons. The average molecular weight is 315 g/mol. The molecule has 3 heterocycles. The van der Waals surface area contributed by atoms with Crippen LogP contribution in [0.3, 0.4) is 0 Å². The van der Waals surface area contributed by atoms with E-state index in [4.69, 9.17) is 4.74 Å². The van der Waals surface area contributed by atoms with Crippen LogP contribution < -0.4 is 5.32 Å². The molecular formula is C16H21N5O2. The highest BCUT2D eigenvalue weighted by atomic mass is 16.5. The van der Waals surface area contributed by atoms with Gasteiger partial charge in [-0.15, -0.1) is 0 Å². The van der Waals surface area contributed by atoms with E-state index >= 15 is 0 Å². The van der Waals surface area contributed by atoms with Gasteiger partial charge in [0.2, 0.25) is 0 Å². The summed E-state index contributed by atoms with van der Waals surface area (Å²) < 4.78 is 7.43.